The quantitative estimate of drug-likeness (QED) is 0.773. The van der Waals surface area contributed by atoms with Crippen LogP contribution in [-0.2, 0) is 16.1 Å². The maximum Gasteiger partial charge on any atom is 0.238 e. The molecule has 0 aliphatic carbocycles. The lowest BCUT2D eigenvalue weighted by atomic mass is 10.1. The van der Waals surface area contributed by atoms with Gasteiger partial charge in [0.2, 0.25) is 5.91 Å². The zero-order valence-corrected chi connectivity index (χ0v) is 16.1. The molecule has 27 heavy (non-hydrogen) atoms. The van der Waals surface area contributed by atoms with Gasteiger partial charge in [-0.15, -0.1) is 0 Å². The summed E-state index contributed by atoms with van der Waals surface area (Å²) in [5.41, 5.74) is 3.06. The molecule has 0 spiro atoms. The predicted molar refractivity (Wildman–Crippen MR) is 107 cm³/mol. The van der Waals surface area contributed by atoms with E-state index in [0.717, 1.165) is 43.0 Å². The van der Waals surface area contributed by atoms with Crippen molar-refractivity contribution in [3.8, 4) is 5.75 Å². The van der Waals surface area contributed by atoms with Gasteiger partial charge in [-0.1, -0.05) is 35.9 Å². The molecule has 1 unspecified atom stereocenters. The molecule has 1 heterocycles. The van der Waals surface area contributed by atoms with E-state index in [0.29, 0.717) is 13.1 Å². The van der Waals surface area contributed by atoms with E-state index < -0.39 is 0 Å². The number of carbonyl (C=O) groups is 1. The van der Waals surface area contributed by atoms with Gasteiger partial charge in [0.1, 0.15) is 5.75 Å². The molecule has 0 aromatic heterocycles. The van der Waals surface area contributed by atoms with Crippen LogP contribution in [0.5, 0.6) is 5.75 Å². The SMILES string of the molecule is COc1ccccc1CN(CC(=O)Nc1ccc(C)cc1)CC1CCCO1. The minimum absolute atomic E-state index is 0.0215. The molecule has 2 aromatic rings. The molecule has 5 nitrogen and oxygen atoms in total. The normalized spacial score (nSPS) is 16.5. The Morgan fingerprint density at radius 2 is 2.00 bits per heavy atom. The first-order valence-electron chi connectivity index (χ1n) is 9.46. The van der Waals surface area contributed by atoms with Crippen LogP contribution in [-0.4, -0.2) is 43.7 Å². The van der Waals surface area contributed by atoms with Crippen LogP contribution in [0.15, 0.2) is 48.5 Å². The Hall–Kier alpha value is -2.37. The lowest BCUT2D eigenvalue weighted by molar-refractivity contribution is -0.117. The molecule has 0 saturated carbocycles. The Kier molecular flexibility index (Phi) is 6.85. The van der Waals surface area contributed by atoms with E-state index >= 15 is 0 Å². The smallest absolute Gasteiger partial charge is 0.238 e. The summed E-state index contributed by atoms with van der Waals surface area (Å²) in [5, 5.41) is 2.99. The lowest BCUT2D eigenvalue weighted by Crippen LogP contribution is -2.38. The van der Waals surface area contributed by atoms with Gasteiger partial charge in [0, 0.05) is 30.9 Å². The molecule has 1 aliphatic heterocycles. The number of nitrogens with zero attached hydrogens (tertiary/aromatic N) is 1. The van der Waals surface area contributed by atoms with Crippen LogP contribution in [0.2, 0.25) is 0 Å². The van der Waals surface area contributed by atoms with E-state index in [4.69, 9.17) is 9.47 Å². The van der Waals surface area contributed by atoms with Crippen LogP contribution in [0, 0.1) is 6.92 Å². The van der Waals surface area contributed by atoms with Gasteiger partial charge in [-0.2, -0.15) is 0 Å². The van der Waals surface area contributed by atoms with Gasteiger partial charge in [-0.3, -0.25) is 9.69 Å². The second-order valence-corrected chi connectivity index (χ2v) is 7.03. The lowest BCUT2D eigenvalue weighted by Gasteiger charge is -2.25. The highest BCUT2D eigenvalue weighted by atomic mass is 16.5. The molecule has 5 heteroatoms. The molecule has 0 radical (unpaired) electrons. The number of benzene rings is 2. The van der Waals surface area contributed by atoms with Crippen molar-refractivity contribution in [2.24, 2.45) is 0 Å². The number of amides is 1. The largest absolute Gasteiger partial charge is 0.496 e. The number of ether oxygens (including phenoxy) is 2. The van der Waals surface area contributed by atoms with Crippen molar-refractivity contribution >= 4 is 11.6 Å². The number of anilines is 1. The summed E-state index contributed by atoms with van der Waals surface area (Å²) < 4.78 is 11.3. The summed E-state index contributed by atoms with van der Waals surface area (Å²) in [4.78, 5) is 14.7. The Labute approximate surface area is 161 Å². The van der Waals surface area contributed by atoms with Crippen molar-refractivity contribution in [1.82, 2.24) is 4.90 Å². The molecule has 3 rings (SSSR count). The minimum atomic E-state index is -0.0215. The average molecular weight is 368 g/mol. The number of nitrogens with one attached hydrogen (secondary N) is 1. The van der Waals surface area contributed by atoms with Crippen molar-refractivity contribution in [1.29, 1.82) is 0 Å². The molecular weight excluding hydrogens is 340 g/mol. The number of para-hydroxylation sites is 1. The van der Waals surface area contributed by atoms with Gasteiger partial charge in [-0.25, -0.2) is 0 Å². The molecule has 1 saturated heterocycles. The van der Waals surface area contributed by atoms with Crippen LogP contribution in [0.3, 0.4) is 0 Å². The molecule has 2 aromatic carbocycles. The summed E-state index contributed by atoms with van der Waals surface area (Å²) in [6.07, 6.45) is 2.32. The van der Waals surface area contributed by atoms with Gasteiger partial charge in [0.05, 0.1) is 19.8 Å². The molecule has 1 fully saturated rings. The Balaban J connectivity index is 1.66. The third-order valence-corrected chi connectivity index (χ3v) is 4.77. The van der Waals surface area contributed by atoms with Gasteiger partial charge >= 0.3 is 0 Å². The first-order valence-corrected chi connectivity index (χ1v) is 9.46. The monoisotopic (exact) mass is 368 g/mol. The van der Waals surface area contributed by atoms with Crippen molar-refractivity contribution in [3.05, 3.63) is 59.7 Å². The zero-order chi connectivity index (χ0) is 19.1. The number of aryl methyl sites for hydroxylation is 1. The van der Waals surface area contributed by atoms with Crippen LogP contribution in [0.25, 0.3) is 0 Å². The molecule has 1 atom stereocenters. The van der Waals surface area contributed by atoms with Crippen LogP contribution in [0.1, 0.15) is 24.0 Å². The Morgan fingerprint density at radius 3 is 2.70 bits per heavy atom. The second-order valence-electron chi connectivity index (χ2n) is 7.03. The number of hydrogen-bond acceptors (Lipinski definition) is 4. The number of methoxy groups -OCH3 is 1. The summed E-state index contributed by atoms with van der Waals surface area (Å²) >= 11 is 0. The Bertz CT molecular complexity index is 739. The standard InChI is InChI=1S/C22H28N2O3/c1-17-9-11-19(12-10-17)23-22(25)16-24(15-20-7-5-13-27-20)14-18-6-3-4-8-21(18)26-2/h3-4,6,8-12,20H,5,7,13-16H2,1-2H3,(H,23,25). The highest BCUT2D eigenvalue weighted by molar-refractivity contribution is 5.92. The molecule has 1 amide bonds. The van der Waals surface area contributed by atoms with Crippen molar-refractivity contribution < 1.29 is 14.3 Å². The molecule has 1 N–H and O–H groups in total. The van der Waals surface area contributed by atoms with E-state index in [1.54, 1.807) is 7.11 Å². The summed E-state index contributed by atoms with van der Waals surface area (Å²) in [5.74, 6) is 0.820. The number of rotatable bonds is 8. The average Bonchev–Trinajstić information content (AvgIpc) is 3.17. The summed E-state index contributed by atoms with van der Waals surface area (Å²) in [7, 11) is 1.67. The first kappa shape index (κ1) is 19.4. The third-order valence-electron chi connectivity index (χ3n) is 4.77. The van der Waals surface area contributed by atoms with Gasteiger partial charge in [0.25, 0.3) is 0 Å². The molecule has 144 valence electrons. The second kappa shape index (κ2) is 9.53. The summed E-state index contributed by atoms with van der Waals surface area (Å²) in [6.45, 7) is 4.53. The van der Waals surface area contributed by atoms with Crippen LogP contribution < -0.4 is 10.1 Å². The van der Waals surface area contributed by atoms with E-state index in [-0.39, 0.29) is 12.0 Å². The van der Waals surface area contributed by atoms with E-state index in [1.807, 2.05) is 55.5 Å². The van der Waals surface area contributed by atoms with E-state index in [1.165, 1.54) is 5.56 Å². The van der Waals surface area contributed by atoms with E-state index in [2.05, 4.69) is 10.2 Å². The fraction of sp³-hybridized carbons (Fsp3) is 0.409. The maximum atomic E-state index is 12.6. The van der Waals surface area contributed by atoms with Crippen molar-refractivity contribution in [3.63, 3.8) is 0 Å². The summed E-state index contributed by atoms with van der Waals surface area (Å²) in [6, 6.07) is 15.8. The Morgan fingerprint density at radius 1 is 1.22 bits per heavy atom. The van der Waals surface area contributed by atoms with Gasteiger partial charge in [0.15, 0.2) is 0 Å². The van der Waals surface area contributed by atoms with Crippen LogP contribution in [0.4, 0.5) is 5.69 Å². The zero-order valence-electron chi connectivity index (χ0n) is 16.1. The van der Waals surface area contributed by atoms with Gasteiger partial charge in [-0.05, 0) is 38.0 Å². The highest BCUT2D eigenvalue weighted by Crippen LogP contribution is 2.21. The van der Waals surface area contributed by atoms with Crippen molar-refractivity contribution in [2.45, 2.75) is 32.4 Å². The topological polar surface area (TPSA) is 50.8 Å². The molecule has 1 aliphatic rings. The first-order chi connectivity index (χ1) is 13.1. The minimum Gasteiger partial charge on any atom is -0.496 e. The third kappa shape index (κ3) is 5.81. The number of carbonyl (C=O) groups excluding carboxylic acids is 1. The maximum absolute atomic E-state index is 12.6. The molecule has 0 bridgehead atoms. The van der Waals surface area contributed by atoms with Crippen molar-refractivity contribution in [2.75, 3.05) is 32.1 Å². The predicted octanol–water partition coefficient (Wildman–Crippen LogP) is 3.62. The fourth-order valence-electron chi connectivity index (χ4n) is 3.38. The fourth-order valence-corrected chi connectivity index (χ4v) is 3.38. The molecular formula is C22H28N2O3. The highest BCUT2D eigenvalue weighted by Gasteiger charge is 2.22. The van der Waals surface area contributed by atoms with Gasteiger partial charge < -0.3 is 14.8 Å². The number of hydrogen-bond donors (Lipinski definition) is 1. The van der Waals surface area contributed by atoms with Crippen LogP contribution >= 0.6 is 0 Å². The van der Waals surface area contributed by atoms with E-state index in [9.17, 15) is 4.79 Å².